The van der Waals surface area contributed by atoms with E-state index in [1.165, 1.54) is 26.3 Å². The molecule has 0 unspecified atom stereocenters. The number of amides is 3. The normalized spacial score (nSPS) is 31.5. The van der Waals surface area contributed by atoms with Crippen LogP contribution in [0.15, 0.2) is 66.2 Å². The molecule has 0 spiro atoms. The summed E-state index contributed by atoms with van der Waals surface area (Å²) >= 11 is 0. The molecule has 542 valence electrons. The summed E-state index contributed by atoms with van der Waals surface area (Å²) in [7, 11) is 3.06. The van der Waals surface area contributed by atoms with E-state index in [0.29, 0.717) is 121 Å². The number of aliphatic hydroxyl groups is 3. The second kappa shape index (κ2) is 37.9. The summed E-state index contributed by atoms with van der Waals surface area (Å²) in [5.41, 5.74) is 15.0. The highest BCUT2D eigenvalue weighted by Gasteiger charge is 2.53. The fourth-order valence-corrected chi connectivity index (χ4v) is 13.3. The van der Waals surface area contributed by atoms with Crippen molar-refractivity contribution in [3.8, 4) is 0 Å². The SMILES string of the molecule is CCOCCOCCNC(=O)c1cnc(N2CCN(c3ncc(CNC(=O)O[C@@H]4CC[C@@H](C[C@@H](N)[C@@H]5CC(=O)[C@H](C)/C=C(\C)[C@@H](O)[C@@H](O)C(=O)[C@H](C)C[C@H](C)/C=C/C=C/C=C(\C)[C@@H](OC)C[C@@H]6CC[C@@H](C)[C@@](O)(O6)C(=O)C(=O)N6CCCC[C@H]6C(=O)O5)C[C@H]4OC)cn3)CC2)nc1N. The third-order valence-corrected chi connectivity index (χ3v) is 19.4. The molecule has 9 N–H and O–H groups in total. The fourth-order valence-electron chi connectivity index (χ4n) is 13.3. The molecule has 2 aromatic heterocycles. The summed E-state index contributed by atoms with van der Waals surface area (Å²) < 4.78 is 40.8. The zero-order valence-electron chi connectivity index (χ0n) is 58.4. The van der Waals surface area contributed by atoms with E-state index in [2.05, 4.69) is 30.6 Å². The predicted octanol–water partition coefficient (Wildman–Crippen LogP) is 4.42. The number of cyclic esters (lactones) is 1. The number of carbonyl (C=O) groups excluding carboxylic acids is 7. The van der Waals surface area contributed by atoms with Gasteiger partial charge in [0, 0.05) is 127 Å². The van der Waals surface area contributed by atoms with Gasteiger partial charge in [0.15, 0.2) is 5.78 Å². The van der Waals surface area contributed by atoms with Gasteiger partial charge in [-0.2, -0.15) is 4.98 Å². The van der Waals surface area contributed by atoms with E-state index < -0.39 is 126 Å². The summed E-state index contributed by atoms with van der Waals surface area (Å²) in [6.07, 6.45) is 11.3. The molecule has 3 amide bonds. The van der Waals surface area contributed by atoms with Crippen molar-refractivity contribution >= 4 is 58.9 Å². The first-order chi connectivity index (χ1) is 46.8. The van der Waals surface area contributed by atoms with Gasteiger partial charge in [-0.25, -0.2) is 24.5 Å². The summed E-state index contributed by atoms with van der Waals surface area (Å²) in [5.74, 6) is -8.77. The largest absolute Gasteiger partial charge is 0.459 e. The Morgan fingerprint density at radius 2 is 1.49 bits per heavy atom. The van der Waals surface area contributed by atoms with Crippen LogP contribution in [0.3, 0.4) is 0 Å². The number of alkyl carbamates (subject to hydrolysis) is 1. The van der Waals surface area contributed by atoms with Gasteiger partial charge < -0.3 is 85.3 Å². The lowest BCUT2D eigenvalue weighted by Gasteiger charge is -2.42. The van der Waals surface area contributed by atoms with Crippen LogP contribution in [-0.2, 0) is 63.7 Å². The van der Waals surface area contributed by atoms with Gasteiger partial charge in [0.2, 0.25) is 17.7 Å². The van der Waals surface area contributed by atoms with E-state index >= 15 is 0 Å². The van der Waals surface area contributed by atoms with Crippen molar-refractivity contribution in [3.63, 3.8) is 0 Å². The van der Waals surface area contributed by atoms with Gasteiger partial charge in [-0.05, 0) is 108 Å². The van der Waals surface area contributed by atoms with E-state index in [-0.39, 0.29) is 67.7 Å². The number of hydrogen-bond acceptors (Lipinski definition) is 25. The second-order valence-corrected chi connectivity index (χ2v) is 26.7. The number of nitrogens with one attached hydrogen (secondary N) is 2. The average molecular weight is 1370 g/mol. The van der Waals surface area contributed by atoms with Crippen molar-refractivity contribution in [2.24, 2.45) is 35.3 Å². The van der Waals surface area contributed by atoms with Gasteiger partial charge in [0.25, 0.3) is 17.6 Å². The van der Waals surface area contributed by atoms with Gasteiger partial charge in [-0.15, -0.1) is 0 Å². The summed E-state index contributed by atoms with van der Waals surface area (Å²) in [4.78, 5) is 121. The van der Waals surface area contributed by atoms with Gasteiger partial charge in [0.05, 0.1) is 43.7 Å². The molecule has 2 bridgehead atoms. The molecule has 28 nitrogen and oxygen atoms in total. The maximum atomic E-state index is 14.7. The molecule has 0 aromatic carbocycles. The number of esters is 1. The minimum absolute atomic E-state index is 0.00327. The average Bonchev–Trinajstić information content (AvgIpc) is 0.782. The topological polar surface area (TPSA) is 382 Å². The number of piperazine rings is 1. The number of fused-ring (bicyclic) bond motifs is 3. The number of ether oxygens (including phenoxy) is 7. The number of nitrogens with zero attached hydrogens (tertiary/aromatic N) is 7. The molecule has 28 heteroatoms. The molecule has 6 heterocycles. The molecule has 1 saturated carbocycles. The molecule has 15 atom stereocenters. The smallest absolute Gasteiger partial charge is 0.407 e. The number of aliphatic hydroxyl groups excluding tert-OH is 2. The van der Waals surface area contributed by atoms with Crippen LogP contribution in [-0.4, -0.2) is 222 Å². The van der Waals surface area contributed by atoms with Gasteiger partial charge in [-0.1, -0.05) is 64.2 Å². The standard InChI is InChI=1S/C70H105N11O17/c1-10-94-30-31-95-29-23-73-64(87)51-41-76-68(78-63(51)72)80-27-25-79(26-28-80)67-74-38-49(39-75-67)40-77-69(90)97-55-22-20-48(35-58(55)93-9)34-52(71)57-37-54(82)44(4)33-46(6)60(84)61(85)59(83)45(5)32-42(2)16-12-11-13-17-43(3)56(92-8)36-50-21-19-47(7)70(91,98-50)62(86)65(88)81-24-15-14-18-53(81)66(89)96-57/h11-13,16-17,33,38-39,41-42,44-45,47-48,50,52-53,55-58,60-61,84-85,91H,10,14-15,18-32,34-37,40,71H2,1-9H3,(H,73,87)(H,77,90)(H2,72,76,78)/b13-11+,16-12+,43-17+,46-33+/t42-,44-,45-,47-,48+,50+,52-,53+,55-,56+,57+,58-,60-,61+,70-/m1/s1. The number of rotatable bonds is 18. The van der Waals surface area contributed by atoms with Gasteiger partial charge >= 0.3 is 12.1 Å². The maximum absolute atomic E-state index is 14.7. The van der Waals surface area contributed by atoms with E-state index in [4.69, 9.17) is 44.6 Å². The molecule has 2 aromatic rings. The lowest BCUT2D eigenvalue weighted by molar-refractivity contribution is -0.265. The highest BCUT2D eigenvalue weighted by atomic mass is 16.6. The van der Waals surface area contributed by atoms with Gasteiger partial charge in [-0.3, -0.25) is 24.0 Å². The third kappa shape index (κ3) is 21.7. The van der Waals surface area contributed by atoms with E-state index in [1.54, 1.807) is 40.3 Å². The number of piperidine rings is 1. The number of Topliss-reactive ketones (excluding diaryl/α,β-unsaturated/α-hetero) is 3. The number of methoxy groups -OCH3 is 2. The predicted molar refractivity (Wildman–Crippen MR) is 363 cm³/mol. The van der Waals surface area contributed by atoms with Crippen LogP contribution < -0.4 is 31.9 Å². The van der Waals surface area contributed by atoms with Crippen LogP contribution in [0.25, 0.3) is 0 Å². The van der Waals surface area contributed by atoms with Crippen LogP contribution >= 0.6 is 0 Å². The zero-order valence-corrected chi connectivity index (χ0v) is 58.4. The Morgan fingerprint density at radius 1 is 0.786 bits per heavy atom. The first kappa shape index (κ1) is 78.2. The second-order valence-electron chi connectivity index (χ2n) is 26.7. The molecule has 1 aliphatic carbocycles. The third-order valence-electron chi connectivity index (χ3n) is 19.4. The summed E-state index contributed by atoms with van der Waals surface area (Å²) in [5, 5.41) is 40.1. The van der Waals surface area contributed by atoms with Crippen LogP contribution in [0, 0.1) is 29.6 Å². The summed E-state index contributed by atoms with van der Waals surface area (Å²) in [6.45, 7) is 16.5. The summed E-state index contributed by atoms with van der Waals surface area (Å²) in [6, 6.07) is -2.26. The number of allylic oxidation sites excluding steroid dienone is 6. The van der Waals surface area contributed by atoms with Gasteiger partial charge in [0.1, 0.15) is 42.1 Å². The van der Waals surface area contributed by atoms with E-state index in [9.17, 15) is 48.9 Å². The molecule has 5 aliphatic rings. The Bertz CT molecular complexity index is 3130. The van der Waals surface area contributed by atoms with Crippen LogP contribution in [0.4, 0.5) is 22.5 Å². The highest BCUT2D eigenvalue weighted by molar-refractivity contribution is 6.39. The molecular formula is C70H105N11O17. The van der Waals surface area contributed by atoms with Crippen molar-refractivity contribution < 1.29 is 82.0 Å². The highest BCUT2D eigenvalue weighted by Crippen LogP contribution is 2.38. The first-order valence-electron chi connectivity index (χ1n) is 34.6. The molecule has 0 radical (unpaired) electrons. The molecule has 4 aliphatic heterocycles. The van der Waals surface area contributed by atoms with E-state index in [1.807, 2.05) is 61.0 Å². The zero-order chi connectivity index (χ0) is 71.2. The Kier molecular flexibility index (Phi) is 30.2. The minimum atomic E-state index is -2.51. The number of hydrogen-bond donors (Lipinski definition) is 7. The monoisotopic (exact) mass is 1370 g/mol. The Morgan fingerprint density at radius 3 is 2.18 bits per heavy atom. The Balaban J connectivity index is 0.972. The molecule has 7 rings (SSSR count). The number of carbonyl (C=O) groups is 7. The molecule has 4 fully saturated rings. The van der Waals surface area contributed by atoms with Crippen molar-refractivity contribution in [1.82, 2.24) is 35.5 Å². The van der Waals surface area contributed by atoms with Crippen molar-refractivity contribution in [2.45, 2.75) is 193 Å². The molecule has 3 saturated heterocycles. The van der Waals surface area contributed by atoms with Crippen molar-refractivity contribution in [3.05, 3.63) is 77.3 Å². The molecular weight excluding hydrogens is 1270 g/mol. The molecule has 98 heavy (non-hydrogen) atoms. The number of anilines is 3. The Hall–Kier alpha value is -7.15. The maximum Gasteiger partial charge on any atom is 0.407 e. The van der Waals surface area contributed by atoms with E-state index in [0.717, 1.165) is 10.5 Å². The quantitative estimate of drug-likeness (QED) is 0.0470. The fraction of sp³-hybridized carbons (Fsp3) is 0.671. The first-order valence-corrected chi connectivity index (χ1v) is 34.6. The van der Waals surface area contributed by atoms with Crippen LogP contribution in [0.1, 0.15) is 141 Å². The van der Waals surface area contributed by atoms with Crippen LogP contribution in [0.5, 0.6) is 0 Å². The lowest BCUT2D eigenvalue weighted by Crippen LogP contribution is -2.61. The lowest BCUT2D eigenvalue weighted by atomic mass is 9.80. The Labute approximate surface area is 575 Å². The minimum Gasteiger partial charge on any atom is -0.459 e. The van der Waals surface area contributed by atoms with Crippen molar-refractivity contribution in [2.75, 3.05) is 95.4 Å². The van der Waals surface area contributed by atoms with Crippen LogP contribution in [0.2, 0.25) is 0 Å². The number of ketones is 3. The number of nitrogen functional groups attached to an aromatic ring is 1. The van der Waals surface area contributed by atoms with Crippen molar-refractivity contribution in [1.29, 1.82) is 0 Å². The number of nitrogens with two attached hydrogens (primary N) is 2. The number of aromatic nitrogens is 4.